The summed E-state index contributed by atoms with van der Waals surface area (Å²) in [5.74, 6) is -0.492. The molecule has 25 heavy (non-hydrogen) atoms. The van der Waals surface area contributed by atoms with Gasteiger partial charge in [0.1, 0.15) is 5.75 Å². The lowest BCUT2D eigenvalue weighted by molar-refractivity contribution is -0.145. The lowest BCUT2D eigenvalue weighted by Gasteiger charge is -2.16. The molecule has 2 rings (SSSR count). The molecule has 5 nitrogen and oxygen atoms in total. The van der Waals surface area contributed by atoms with Crippen molar-refractivity contribution in [1.29, 1.82) is 0 Å². The summed E-state index contributed by atoms with van der Waals surface area (Å²) in [6, 6.07) is 12.6. The number of halogens is 1. The summed E-state index contributed by atoms with van der Waals surface area (Å²) in [5, 5.41) is 22.5. The van der Waals surface area contributed by atoms with E-state index in [4.69, 9.17) is 21.4 Å². The topological polar surface area (TPSA) is 79.1 Å². The molecule has 1 unspecified atom stereocenters. The predicted molar refractivity (Wildman–Crippen MR) is 97.0 cm³/mol. The number of oxime groups is 1. The zero-order chi connectivity index (χ0) is 18.4. The molecular weight excluding hydrogens is 342 g/mol. The zero-order valence-electron chi connectivity index (χ0n) is 14.1. The molecule has 0 amide bonds. The molecule has 0 fully saturated rings. The second kappa shape index (κ2) is 8.53. The third-order valence-electron chi connectivity index (χ3n) is 3.83. The highest BCUT2D eigenvalue weighted by molar-refractivity contribution is 6.30. The zero-order valence-corrected chi connectivity index (χ0v) is 14.8. The molecule has 0 radical (unpaired) electrons. The van der Waals surface area contributed by atoms with Crippen LogP contribution in [0.5, 0.6) is 5.75 Å². The van der Waals surface area contributed by atoms with Gasteiger partial charge in [-0.2, -0.15) is 0 Å². The van der Waals surface area contributed by atoms with Crippen molar-refractivity contribution in [3.8, 4) is 5.75 Å². The summed E-state index contributed by atoms with van der Waals surface area (Å²) in [6.07, 6.45) is -0.0687. The molecule has 0 heterocycles. The number of aliphatic carboxylic acids is 1. The second-order valence-electron chi connectivity index (χ2n) is 5.68. The largest absolute Gasteiger partial charge is 0.479 e. The van der Waals surface area contributed by atoms with Crippen molar-refractivity contribution in [1.82, 2.24) is 0 Å². The first-order valence-corrected chi connectivity index (χ1v) is 8.28. The van der Waals surface area contributed by atoms with E-state index in [2.05, 4.69) is 5.16 Å². The Labute approximate surface area is 151 Å². The average molecular weight is 362 g/mol. The summed E-state index contributed by atoms with van der Waals surface area (Å²) < 4.78 is 5.54. The molecule has 0 spiro atoms. The maximum Gasteiger partial charge on any atom is 0.344 e. The van der Waals surface area contributed by atoms with Gasteiger partial charge in [0.05, 0.1) is 5.71 Å². The highest BCUT2D eigenvalue weighted by atomic mass is 35.5. The fourth-order valence-electron chi connectivity index (χ4n) is 2.41. The van der Waals surface area contributed by atoms with E-state index in [0.717, 1.165) is 16.7 Å². The molecule has 0 bridgehead atoms. The third kappa shape index (κ3) is 4.97. The molecule has 0 saturated heterocycles. The molecule has 1 atom stereocenters. The molecule has 0 saturated carbocycles. The van der Waals surface area contributed by atoms with Crippen LogP contribution in [0.1, 0.15) is 30.0 Å². The van der Waals surface area contributed by atoms with Crippen molar-refractivity contribution in [3.05, 3.63) is 64.2 Å². The maximum atomic E-state index is 11.1. The minimum Gasteiger partial charge on any atom is -0.479 e. The predicted octanol–water partition coefficient (Wildman–Crippen LogP) is 4.31. The minimum absolute atomic E-state index is 0.371. The fourth-order valence-corrected chi connectivity index (χ4v) is 2.54. The van der Waals surface area contributed by atoms with Gasteiger partial charge in [-0.1, -0.05) is 35.8 Å². The van der Waals surface area contributed by atoms with Crippen LogP contribution in [0.25, 0.3) is 0 Å². The van der Waals surface area contributed by atoms with Crippen LogP contribution in [0, 0.1) is 6.92 Å². The Morgan fingerprint density at radius 2 is 1.92 bits per heavy atom. The SMILES string of the molecule is CCC(Oc1ccc(C(Cc2ccc(Cl)cc2)=NO)cc1C)C(=O)O. The van der Waals surface area contributed by atoms with E-state index < -0.39 is 12.1 Å². The first-order valence-electron chi connectivity index (χ1n) is 7.90. The number of hydrogen-bond acceptors (Lipinski definition) is 4. The molecule has 0 aliphatic carbocycles. The van der Waals surface area contributed by atoms with Gasteiger partial charge in [0.15, 0.2) is 6.10 Å². The number of rotatable bonds is 7. The van der Waals surface area contributed by atoms with Gasteiger partial charge < -0.3 is 15.1 Å². The van der Waals surface area contributed by atoms with E-state index >= 15 is 0 Å². The quantitative estimate of drug-likeness (QED) is 0.437. The van der Waals surface area contributed by atoms with E-state index in [0.29, 0.717) is 29.3 Å². The Balaban J connectivity index is 2.19. The third-order valence-corrected chi connectivity index (χ3v) is 4.08. The lowest BCUT2D eigenvalue weighted by atomic mass is 10.0. The Morgan fingerprint density at radius 3 is 2.44 bits per heavy atom. The van der Waals surface area contributed by atoms with E-state index in [-0.39, 0.29) is 0 Å². The second-order valence-corrected chi connectivity index (χ2v) is 6.12. The normalized spacial score (nSPS) is 12.7. The van der Waals surface area contributed by atoms with Gasteiger partial charge in [-0.05, 0) is 54.8 Å². The van der Waals surface area contributed by atoms with E-state index in [1.54, 1.807) is 31.2 Å². The molecule has 2 aromatic rings. The van der Waals surface area contributed by atoms with Gasteiger partial charge in [-0.3, -0.25) is 0 Å². The van der Waals surface area contributed by atoms with Crippen LogP contribution < -0.4 is 4.74 Å². The Kier molecular flexibility index (Phi) is 6.42. The maximum absolute atomic E-state index is 11.1. The molecule has 6 heteroatoms. The van der Waals surface area contributed by atoms with Crippen molar-refractivity contribution in [3.63, 3.8) is 0 Å². The van der Waals surface area contributed by atoms with Gasteiger partial charge in [0.2, 0.25) is 0 Å². The average Bonchev–Trinajstić information content (AvgIpc) is 2.60. The summed E-state index contributed by atoms with van der Waals surface area (Å²) in [5.41, 5.74) is 2.98. The van der Waals surface area contributed by atoms with Gasteiger partial charge in [-0.25, -0.2) is 4.79 Å². The van der Waals surface area contributed by atoms with Crippen LogP contribution in [0.15, 0.2) is 47.6 Å². The van der Waals surface area contributed by atoms with E-state index in [1.807, 2.05) is 25.1 Å². The van der Waals surface area contributed by atoms with Gasteiger partial charge in [-0.15, -0.1) is 0 Å². The van der Waals surface area contributed by atoms with Crippen LogP contribution in [0.4, 0.5) is 0 Å². The molecule has 2 N–H and O–H groups in total. The van der Waals surface area contributed by atoms with Gasteiger partial charge >= 0.3 is 5.97 Å². The van der Waals surface area contributed by atoms with E-state index in [9.17, 15) is 10.0 Å². The fraction of sp³-hybridized carbons (Fsp3) is 0.263. The van der Waals surface area contributed by atoms with Crippen molar-refractivity contribution < 1.29 is 19.8 Å². The number of carboxylic acids is 1. The number of hydrogen-bond donors (Lipinski definition) is 2. The number of carboxylic acid groups (broad SMARTS) is 1. The number of aryl methyl sites for hydroxylation is 1. The summed E-state index contributed by atoms with van der Waals surface area (Å²) in [7, 11) is 0. The van der Waals surface area contributed by atoms with Crippen molar-refractivity contribution in [2.45, 2.75) is 32.8 Å². The molecular formula is C19H20ClNO4. The van der Waals surface area contributed by atoms with Crippen molar-refractivity contribution in [2.75, 3.05) is 0 Å². The highest BCUT2D eigenvalue weighted by Gasteiger charge is 2.18. The van der Waals surface area contributed by atoms with Crippen LogP contribution in [-0.2, 0) is 11.2 Å². The van der Waals surface area contributed by atoms with Crippen LogP contribution in [0.3, 0.4) is 0 Å². The summed E-state index contributed by atoms with van der Waals surface area (Å²) in [4.78, 5) is 11.1. The smallest absolute Gasteiger partial charge is 0.344 e. The Morgan fingerprint density at radius 1 is 1.24 bits per heavy atom. The molecule has 0 aromatic heterocycles. The monoisotopic (exact) mass is 361 g/mol. The Hall–Kier alpha value is -2.53. The van der Waals surface area contributed by atoms with Crippen LogP contribution >= 0.6 is 11.6 Å². The summed E-state index contributed by atoms with van der Waals surface area (Å²) >= 11 is 5.88. The van der Waals surface area contributed by atoms with E-state index in [1.165, 1.54) is 0 Å². The number of carbonyl (C=O) groups is 1. The van der Waals surface area contributed by atoms with Crippen LogP contribution in [-0.4, -0.2) is 28.1 Å². The molecule has 2 aromatic carbocycles. The molecule has 0 aliphatic heterocycles. The number of benzene rings is 2. The van der Waals surface area contributed by atoms with Crippen LogP contribution in [0.2, 0.25) is 5.02 Å². The first kappa shape index (κ1) is 18.8. The lowest BCUT2D eigenvalue weighted by Crippen LogP contribution is -2.26. The minimum atomic E-state index is -0.994. The number of nitrogens with zero attached hydrogens (tertiary/aromatic N) is 1. The first-order chi connectivity index (χ1) is 11.9. The van der Waals surface area contributed by atoms with Crippen molar-refractivity contribution >= 4 is 23.3 Å². The van der Waals surface area contributed by atoms with Crippen molar-refractivity contribution in [2.24, 2.45) is 5.16 Å². The highest BCUT2D eigenvalue weighted by Crippen LogP contribution is 2.23. The summed E-state index contributed by atoms with van der Waals surface area (Å²) in [6.45, 7) is 3.58. The van der Waals surface area contributed by atoms with Gasteiger partial charge in [0.25, 0.3) is 0 Å². The standard InChI is InChI=1S/C19H20ClNO4/c1-3-17(19(22)23)25-18-9-6-14(10-12(18)2)16(21-24)11-13-4-7-15(20)8-5-13/h4-10,17,24H,3,11H2,1-2H3,(H,22,23). The Bertz CT molecular complexity index is 771. The van der Waals surface area contributed by atoms with Gasteiger partial charge in [0, 0.05) is 17.0 Å². The molecule has 0 aliphatic rings. The molecule has 132 valence electrons. The number of ether oxygens (including phenoxy) is 1.